The molecule has 0 saturated carbocycles. The third kappa shape index (κ3) is 2.38. The Morgan fingerprint density at radius 1 is 1.25 bits per heavy atom. The molecule has 4 nitrogen and oxygen atoms in total. The highest BCUT2D eigenvalue weighted by atomic mass is 16.5. The molecule has 2 heterocycles. The summed E-state index contributed by atoms with van der Waals surface area (Å²) in [6, 6.07) is 0.494. The fourth-order valence-corrected chi connectivity index (χ4v) is 2.49. The number of H-pyrrole nitrogens is 1. The lowest BCUT2D eigenvalue weighted by Crippen LogP contribution is -2.37. The summed E-state index contributed by atoms with van der Waals surface area (Å²) in [6.07, 6.45) is 2.81. The van der Waals surface area contributed by atoms with Gasteiger partial charge in [-0.05, 0) is 40.5 Å². The van der Waals surface area contributed by atoms with Crippen LogP contribution in [0.3, 0.4) is 0 Å². The molecule has 1 fully saturated rings. The highest BCUT2D eigenvalue weighted by Gasteiger charge is 2.25. The van der Waals surface area contributed by atoms with E-state index in [9.17, 15) is 0 Å². The van der Waals surface area contributed by atoms with E-state index in [0.717, 1.165) is 29.9 Å². The smallest absolute Gasteiger partial charge is 0.0825 e. The summed E-state index contributed by atoms with van der Waals surface area (Å²) in [4.78, 5) is 0. The lowest BCUT2D eigenvalue weighted by Gasteiger charge is -2.33. The standard InChI is InChI=1S/C12H21N3O/c1-7-5-11(6-8(2)16-7)13-12-9(3)14-15-10(12)4/h7-8,11,13H,5-6H2,1-4H3,(H,14,15). The monoisotopic (exact) mass is 223 g/mol. The van der Waals surface area contributed by atoms with Gasteiger partial charge < -0.3 is 10.1 Å². The number of ether oxygens (including phenoxy) is 1. The predicted molar refractivity (Wildman–Crippen MR) is 64.7 cm³/mol. The Balaban J connectivity index is 2.04. The summed E-state index contributed by atoms with van der Waals surface area (Å²) in [6.45, 7) is 8.35. The Hall–Kier alpha value is -1.03. The van der Waals surface area contributed by atoms with E-state index in [4.69, 9.17) is 4.74 Å². The normalized spacial score (nSPS) is 30.4. The Kier molecular flexibility index (Phi) is 3.19. The van der Waals surface area contributed by atoms with Gasteiger partial charge >= 0.3 is 0 Å². The average Bonchev–Trinajstić information content (AvgIpc) is 2.48. The van der Waals surface area contributed by atoms with E-state index in [1.54, 1.807) is 0 Å². The van der Waals surface area contributed by atoms with E-state index >= 15 is 0 Å². The van der Waals surface area contributed by atoms with Crippen LogP contribution in [0.25, 0.3) is 0 Å². The maximum absolute atomic E-state index is 5.73. The number of aromatic amines is 1. The van der Waals surface area contributed by atoms with Crippen molar-refractivity contribution in [2.45, 2.75) is 58.8 Å². The van der Waals surface area contributed by atoms with Gasteiger partial charge in [0.15, 0.2) is 0 Å². The molecule has 0 amide bonds. The Morgan fingerprint density at radius 2 is 1.88 bits per heavy atom. The molecule has 90 valence electrons. The number of aryl methyl sites for hydroxylation is 2. The second-order valence-corrected chi connectivity index (χ2v) is 4.88. The Bertz CT molecular complexity index is 332. The highest BCUT2D eigenvalue weighted by molar-refractivity contribution is 5.52. The van der Waals surface area contributed by atoms with Crippen molar-refractivity contribution >= 4 is 5.69 Å². The summed E-state index contributed by atoms with van der Waals surface area (Å²) in [5.41, 5.74) is 3.32. The first-order valence-electron chi connectivity index (χ1n) is 5.99. The molecule has 1 saturated heterocycles. The molecule has 0 bridgehead atoms. The van der Waals surface area contributed by atoms with Crippen LogP contribution in [-0.4, -0.2) is 28.4 Å². The third-order valence-electron chi connectivity index (χ3n) is 3.17. The van der Waals surface area contributed by atoms with Gasteiger partial charge in [-0.15, -0.1) is 0 Å². The second-order valence-electron chi connectivity index (χ2n) is 4.88. The molecule has 1 aromatic heterocycles. The molecule has 0 aliphatic carbocycles. The van der Waals surface area contributed by atoms with Crippen molar-refractivity contribution in [2.24, 2.45) is 0 Å². The topological polar surface area (TPSA) is 49.9 Å². The molecule has 0 radical (unpaired) electrons. The van der Waals surface area contributed by atoms with E-state index in [1.807, 2.05) is 6.92 Å². The van der Waals surface area contributed by atoms with Gasteiger partial charge in [-0.3, -0.25) is 5.10 Å². The third-order valence-corrected chi connectivity index (χ3v) is 3.17. The minimum atomic E-state index is 0.341. The fourth-order valence-electron chi connectivity index (χ4n) is 2.49. The van der Waals surface area contributed by atoms with Gasteiger partial charge in [0.1, 0.15) is 0 Å². The number of nitrogens with one attached hydrogen (secondary N) is 2. The zero-order valence-electron chi connectivity index (χ0n) is 10.5. The van der Waals surface area contributed by atoms with Crippen LogP contribution in [0.1, 0.15) is 38.1 Å². The average molecular weight is 223 g/mol. The van der Waals surface area contributed by atoms with Crippen molar-refractivity contribution in [3.63, 3.8) is 0 Å². The van der Waals surface area contributed by atoms with Crippen LogP contribution in [0.15, 0.2) is 0 Å². The minimum absolute atomic E-state index is 0.341. The molecular formula is C12H21N3O. The van der Waals surface area contributed by atoms with Gasteiger partial charge in [0.25, 0.3) is 0 Å². The van der Waals surface area contributed by atoms with E-state index in [0.29, 0.717) is 18.2 Å². The van der Waals surface area contributed by atoms with E-state index in [-0.39, 0.29) is 0 Å². The lowest BCUT2D eigenvalue weighted by atomic mass is 9.99. The molecule has 16 heavy (non-hydrogen) atoms. The Morgan fingerprint density at radius 3 is 2.38 bits per heavy atom. The van der Waals surface area contributed by atoms with Crippen LogP contribution in [0.2, 0.25) is 0 Å². The number of hydrogen-bond acceptors (Lipinski definition) is 3. The molecule has 0 spiro atoms. The highest BCUT2D eigenvalue weighted by Crippen LogP contribution is 2.25. The SMILES string of the molecule is Cc1n[nH]c(C)c1NC1CC(C)OC(C)C1. The number of anilines is 1. The van der Waals surface area contributed by atoms with Gasteiger partial charge in [0.2, 0.25) is 0 Å². The maximum atomic E-state index is 5.73. The van der Waals surface area contributed by atoms with E-state index in [1.165, 1.54) is 0 Å². The molecule has 2 N–H and O–H groups in total. The number of aromatic nitrogens is 2. The maximum Gasteiger partial charge on any atom is 0.0825 e. The first kappa shape index (κ1) is 11.5. The summed E-state index contributed by atoms with van der Waals surface area (Å²) in [5.74, 6) is 0. The molecular weight excluding hydrogens is 202 g/mol. The van der Waals surface area contributed by atoms with Crippen molar-refractivity contribution in [1.29, 1.82) is 0 Å². The summed E-state index contributed by atoms with van der Waals surface area (Å²) in [7, 11) is 0. The summed E-state index contributed by atoms with van der Waals surface area (Å²) >= 11 is 0. The van der Waals surface area contributed by atoms with E-state index < -0.39 is 0 Å². The van der Waals surface area contributed by atoms with Crippen molar-refractivity contribution < 1.29 is 4.74 Å². The molecule has 1 aromatic rings. The molecule has 1 aliphatic rings. The summed E-state index contributed by atoms with van der Waals surface area (Å²) in [5, 5.41) is 10.8. The largest absolute Gasteiger partial charge is 0.379 e. The van der Waals surface area contributed by atoms with Crippen LogP contribution >= 0.6 is 0 Å². The number of hydrogen-bond donors (Lipinski definition) is 2. The van der Waals surface area contributed by atoms with Crippen LogP contribution in [-0.2, 0) is 4.74 Å². The van der Waals surface area contributed by atoms with Gasteiger partial charge in [-0.1, -0.05) is 0 Å². The van der Waals surface area contributed by atoms with Crippen LogP contribution < -0.4 is 5.32 Å². The molecule has 2 unspecified atom stereocenters. The van der Waals surface area contributed by atoms with Crippen molar-refractivity contribution in [3.8, 4) is 0 Å². The van der Waals surface area contributed by atoms with Crippen molar-refractivity contribution in [1.82, 2.24) is 10.2 Å². The summed E-state index contributed by atoms with van der Waals surface area (Å²) < 4.78 is 5.73. The minimum Gasteiger partial charge on any atom is -0.379 e. The first-order chi connectivity index (χ1) is 7.56. The van der Waals surface area contributed by atoms with Crippen LogP contribution in [0, 0.1) is 13.8 Å². The molecule has 1 aliphatic heterocycles. The number of nitrogens with zero attached hydrogens (tertiary/aromatic N) is 1. The molecule has 2 rings (SSSR count). The molecule has 4 heteroatoms. The zero-order chi connectivity index (χ0) is 11.7. The lowest BCUT2D eigenvalue weighted by molar-refractivity contribution is -0.0337. The molecule has 0 aromatic carbocycles. The quantitative estimate of drug-likeness (QED) is 0.809. The van der Waals surface area contributed by atoms with Crippen LogP contribution in [0.5, 0.6) is 0 Å². The van der Waals surface area contributed by atoms with Gasteiger partial charge in [-0.25, -0.2) is 0 Å². The van der Waals surface area contributed by atoms with Gasteiger partial charge in [-0.2, -0.15) is 5.10 Å². The van der Waals surface area contributed by atoms with Crippen molar-refractivity contribution in [3.05, 3.63) is 11.4 Å². The van der Waals surface area contributed by atoms with Gasteiger partial charge in [0.05, 0.1) is 29.3 Å². The van der Waals surface area contributed by atoms with Crippen molar-refractivity contribution in [2.75, 3.05) is 5.32 Å². The molecule has 2 atom stereocenters. The predicted octanol–water partition coefficient (Wildman–Crippen LogP) is 2.39. The van der Waals surface area contributed by atoms with Gasteiger partial charge in [0, 0.05) is 6.04 Å². The van der Waals surface area contributed by atoms with E-state index in [2.05, 4.69) is 36.3 Å². The Labute approximate surface area is 96.8 Å². The fraction of sp³-hybridized carbons (Fsp3) is 0.750. The second kappa shape index (κ2) is 4.45. The van der Waals surface area contributed by atoms with Crippen LogP contribution in [0.4, 0.5) is 5.69 Å². The first-order valence-corrected chi connectivity index (χ1v) is 5.99. The number of rotatable bonds is 2. The zero-order valence-corrected chi connectivity index (χ0v) is 10.5.